The van der Waals surface area contributed by atoms with E-state index in [-0.39, 0.29) is 17.8 Å². The van der Waals surface area contributed by atoms with Gasteiger partial charge in [0.15, 0.2) is 0 Å². The standard InChI is InChI=1S/C26H32FNO3/c1-4-18(5-2)31-23-14-13-17(19(6-3)25(28)26(29)30)15-21(23)20-11-8-12-22(27)24(20)16-9-7-10-16/h6,11,13-16,18,28H,4-5,7-10,12H2,1-3H3,(H,29,30)/b19-6-,28-25?. The summed E-state index contributed by atoms with van der Waals surface area (Å²) in [6.45, 7) is 5.88. The van der Waals surface area contributed by atoms with Crippen molar-refractivity contribution >= 4 is 22.8 Å². The number of aliphatic carboxylic acids is 1. The van der Waals surface area contributed by atoms with Gasteiger partial charge in [0.1, 0.15) is 17.3 Å². The fourth-order valence-electron chi connectivity index (χ4n) is 4.34. The van der Waals surface area contributed by atoms with E-state index in [1.165, 1.54) is 0 Å². The molecule has 1 aromatic rings. The molecule has 0 amide bonds. The van der Waals surface area contributed by atoms with E-state index in [1.54, 1.807) is 19.1 Å². The van der Waals surface area contributed by atoms with E-state index in [0.717, 1.165) is 48.8 Å². The van der Waals surface area contributed by atoms with Crippen LogP contribution in [0.4, 0.5) is 4.39 Å². The van der Waals surface area contributed by atoms with E-state index < -0.39 is 11.7 Å². The lowest BCUT2D eigenvalue weighted by atomic mass is 9.73. The van der Waals surface area contributed by atoms with Gasteiger partial charge in [-0.2, -0.15) is 0 Å². The molecule has 0 atom stereocenters. The predicted molar refractivity (Wildman–Crippen MR) is 123 cm³/mol. The summed E-state index contributed by atoms with van der Waals surface area (Å²) in [6, 6.07) is 5.50. The number of hydrogen-bond acceptors (Lipinski definition) is 3. The number of carbonyl (C=O) groups is 1. The molecule has 1 fully saturated rings. The van der Waals surface area contributed by atoms with Crippen molar-refractivity contribution in [2.75, 3.05) is 0 Å². The van der Waals surface area contributed by atoms with Gasteiger partial charge in [-0.25, -0.2) is 9.18 Å². The van der Waals surface area contributed by atoms with Crippen molar-refractivity contribution in [2.45, 2.75) is 71.8 Å². The highest BCUT2D eigenvalue weighted by atomic mass is 19.1. The van der Waals surface area contributed by atoms with E-state index >= 15 is 4.39 Å². The van der Waals surface area contributed by atoms with Gasteiger partial charge < -0.3 is 9.84 Å². The molecule has 0 aliphatic heterocycles. The molecule has 0 heterocycles. The molecule has 0 aromatic heterocycles. The largest absolute Gasteiger partial charge is 0.490 e. The van der Waals surface area contributed by atoms with Crippen molar-refractivity contribution in [1.82, 2.24) is 0 Å². The first-order valence-corrected chi connectivity index (χ1v) is 11.3. The maximum absolute atomic E-state index is 15.0. The highest BCUT2D eigenvalue weighted by molar-refractivity contribution is 6.52. The Morgan fingerprint density at radius 2 is 2.03 bits per heavy atom. The van der Waals surface area contributed by atoms with Gasteiger partial charge in [-0.15, -0.1) is 0 Å². The highest BCUT2D eigenvalue weighted by Crippen LogP contribution is 2.47. The molecule has 3 rings (SSSR count). The number of hydrogen-bond donors (Lipinski definition) is 2. The van der Waals surface area contributed by atoms with Crippen LogP contribution in [0.15, 0.2) is 41.8 Å². The third-order valence-electron chi connectivity index (χ3n) is 6.37. The minimum absolute atomic E-state index is 0.0365. The summed E-state index contributed by atoms with van der Waals surface area (Å²) < 4.78 is 21.3. The summed E-state index contributed by atoms with van der Waals surface area (Å²) in [6.07, 6.45) is 9.66. The first-order valence-electron chi connectivity index (χ1n) is 11.3. The zero-order valence-electron chi connectivity index (χ0n) is 18.6. The van der Waals surface area contributed by atoms with Crippen molar-refractivity contribution in [3.8, 4) is 5.75 Å². The zero-order valence-corrected chi connectivity index (χ0v) is 18.6. The number of rotatable bonds is 9. The minimum atomic E-state index is -1.27. The second-order valence-electron chi connectivity index (χ2n) is 8.25. The lowest BCUT2D eigenvalue weighted by molar-refractivity contribution is -0.129. The van der Waals surface area contributed by atoms with Crippen LogP contribution in [0.3, 0.4) is 0 Å². The second-order valence-corrected chi connectivity index (χ2v) is 8.25. The van der Waals surface area contributed by atoms with Crippen LogP contribution in [0.25, 0.3) is 11.1 Å². The monoisotopic (exact) mass is 425 g/mol. The number of carboxylic acids is 1. The Balaban J connectivity index is 2.13. The molecular formula is C26H32FNO3. The van der Waals surface area contributed by atoms with Crippen molar-refractivity contribution < 1.29 is 19.0 Å². The van der Waals surface area contributed by atoms with Crippen LogP contribution in [0.2, 0.25) is 0 Å². The third-order valence-corrected chi connectivity index (χ3v) is 6.37. The molecule has 0 bridgehead atoms. The maximum atomic E-state index is 15.0. The molecule has 2 aliphatic carbocycles. The first kappa shape index (κ1) is 23.0. The Bertz CT molecular complexity index is 949. The maximum Gasteiger partial charge on any atom is 0.354 e. The van der Waals surface area contributed by atoms with Gasteiger partial charge in [-0.3, -0.25) is 5.41 Å². The molecule has 1 saturated carbocycles. The number of nitrogens with one attached hydrogen (secondary N) is 1. The van der Waals surface area contributed by atoms with Crippen molar-refractivity contribution in [2.24, 2.45) is 5.92 Å². The Morgan fingerprint density at radius 1 is 1.32 bits per heavy atom. The van der Waals surface area contributed by atoms with Gasteiger partial charge in [0.25, 0.3) is 0 Å². The van der Waals surface area contributed by atoms with E-state index in [1.807, 2.05) is 12.1 Å². The van der Waals surface area contributed by atoms with Gasteiger partial charge in [-0.1, -0.05) is 38.5 Å². The predicted octanol–water partition coefficient (Wildman–Crippen LogP) is 6.96. The lowest BCUT2D eigenvalue weighted by Crippen LogP contribution is -2.19. The average Bonchev–Trinajstić information content (AvgIpc) is 2.73. The minimum Gasteiger partial charge on any atom is -0.490 e. The first-order chi connectivity index (χ1) is 14.9. The van der Waals surface area contributed by atoms with E-state index in [4.69, 9.17) is 10.1 Å². The number of ether oxygens (including phenoxy) is 1. The van der Waals surface area contributed by atoms with E-state index in [0.29, 0.717) is 29.7 Å². The molecule has 2 aliphatic rings. The Hall–Kier alpha value is -2.69. The van der Waals surface area contributed by atoms with Crippen LogP contribution in [-0.4, -0.2) is 22.9 Å². The van der Waals surface area contributed by atoms with Crippen molar-refractivity contribution in [1.29, 1.82) is 5.41 Å². The van der Waals surface area contributed by atoms with Crippen LogP contribution in [-0.2, 0) is 4.79 Å². The molecule has 5 heteroatoms. The molecular weight excluding hydrogens is 393 g/mol. The molecule has 4 nitrogen and oxygen atoms in total. The summed E-state index contributed by atoms with van der Waals surface area (Å²) in [7, 11) is 0. The van der Waals surface area contributed by atoms with Crippen molar-refractivity contribution in [3.05, 3.63) is 52.9 Å². The molecule has 31 heavy (non-hydrogen) atoms. The van der Waals surface area contributed by atoms with Gasteiger partial charge >= 0.3 is 5.97 Å². The Kier molecular flexibility index (Phi) is 7.47. The van der Waals surface area contributed by atoms with Gasteiger partial charge in [0.2, 0.25) is 0 Å². The second kappa shape index (κ2) is 10.1. The SMILES string of the molecule is C/C=C(\C(=N)C(=O)O)c1ccc(OC(CC)CC)c(C2=CCCC(F)=C2C2CCC2)c1. The van der Waals surface area contributed by atoms with Crippen LogP contribution >= 0.6 is 0 Å². The van der Waals surface area contributed by atoms with Crippen molar-refractivity contribution in [3.63, 3.8) is 0 Å². The highest BCUT2D eigenvalue weighted by Gasteiger charge is 2.31. The molecule has 0 saturated heterocycles. The van der Waals surface area contributed by atoms with E-state index in [2.05, 4.69) is 19.9 Å². The number of halogens is 1. The molecule has 166 valence electrons. The van der Waals surface area contributed by atoms with Crippen LogP contribution in [0, 0.1) is 11.3 Å². The molecule has 2 N–H and O–H groups in total. The van der Waals surface area contributed by atoms with E-state index in [9.17, 15) is 9.90 Å². The van der Waals surface area contributed by atoms with Crippen LogP contribution in [0.5, 0.6) is 5.75 Å². The smallest absolute Gasteiger partial charge is 0.354 e. The topological polar surface area (TPSA) is 70.4 Å². The van der Waals surface area contributed by atoms with Crippen LogP contribution in [0.1, 0.15) is 76.8 Å². The molecule has 0 unspecified atom stereocenters. The Labute approximate surface area is 184 Å². The number of benzene rings is 1. The summed E-state index contributed by atoms with van der Waals surface area (Å²) in [5, 5.41) is 17.3. The molecule has 0 spiro atoms. The molecule has 0 radical (unpaired) electrons. The average molecular weight is 426 g/mol. The van der Waals surface area contributed by atoms with Gasteiger partial charge in [0, 0.05) is 17.6 Å². The number of carboxylic acid groups (broad SMARTS) is 1. The third kappa shape index (κ3) is 4.81. The van der Waals surface area contributed by atoms with Crippen LogP contribution < -0.4 is 4.74 Å². The number of allylic oxidation sites excluding steroid dienone is 5. The van der Waals surface area contributed by atoms with Gasteiger partial charge in [0.05, 0.1) is 6.10 Å². The Morgan fingerprint density at radius 3 is 2.58 bits per heavy atom. The lowest BCUT2D eigenvalue weighted by Gasteiger charge is -2.33. The zero-order chi connectivity index (χ0) is 22.5. The fourth-order valence-corrected chi connectivity index (χ4v) is 4.34. The summed E-state index contributed by atoms with van der Waals surface area (Å²) in [5.41, 5.74) is 2.96. The quantitative estimate of drug-likeness (QED) is 0.420. The fraction of sp³-hybridized carbons (Fsp3) is 0.462. The van der Waals surface area contributed by atoms with Gasteiger partial charge in [-0.05, 0) is 73.8 Å². The molecule has 1 aromatic carbocycles. The summed E-state index contributed by atoms with van der Waals surface area (Å²) in [4.78, 5) is 11.4. The summed E-state index contributed by atoms with van der Waals surface area (Å²) in [5.74, 6) is -0.391. The normalized spacial score (nSPS) is 17.5. The summed E-state index contributed by atoms with van der Waals surface area (Å²) >= 11 is 0.